The minimum atomic E-state index is -0.681. The molecule has 72 valence electrons. The van der Waals surface area contributed by atoms with Crippen LogP contribution in [-0.4, -0.2) is 36.1 Å². The van der Waals surface area contributed by atoms with Crippen LogP contribution in [0.3, 0.4) is 0 Å². The average Bonchev–Trinajstić information content (AvgIpc) is 1.75. The summed E-state index contributed by atoms with van der Waals surface area (Å²) >= 11 is 0. The number of likely N-dealkylation sites (N-methyl/N-ethyl adjacent to an activating group) is 1. The van der Waals surface area contributed by atoms with Gasteiger partial charge in [0.25, 0.3) is 0 Å². The molecule has 1 aliphatic carbocycles. The first-order valence-electron chi connectivity index (χ1n) is 4.02. The molecule has 1 N–H and O–H groups in total. The Morgan fingerprint density at radius 2 is 2.00 bits per heavy atom. The van der Waals surface area contributed by atoms with Crippen LogP contribution >= 0.6 is 12.4 Å². The lowest BCUT2D eigenvalue weighted by atomic mass is 9.79. The van der Waals surface area contributed by atoms with Gasteiger partial charge in [0.1, 0.15) is 6.04 Å². The average molecular weight is 194 g/mol. The highest BCUT2D eigenvalue weighted by Gasteiger charge is 2.33. The van der Waals surface area contributed by atoms with Crippen molar-refractivity contribution in [3.8, 4) is 0 Å². The SMILES string of the molecule is CN(C)C(C(=O)O)C1CCC1.Cl. The van der Waals surface area contributed by atoms with Crippen molar-refractivity contribution in [2.24, 2.45) is 5.92 Å². The Morgan fingerprint density at radius 1 is 1.50 bits per heavy atom. The molecule has 1 saturated carbocycles. The molecule has 0 aromatic rings. The number of hydrogen-bond donors (Lipinski definition) is 1. The Bertz CT molecular complexity index is 157. The molecule has 0 spiro atoms. The van der Waals surface area contributed by atoms with Gasteiger partial charge in [0, 0.05) is 0 Å². The van der Waals surface area contributed by atoms with Crippen LogP contribution in [0.4, 0.5) is 0 Å². The molecule has 1 aliphatic rings. The van der Waals surface area contributed by atoms with E-state index in [1.54, 1.807) is 4.90 Å². The largest absolute Gasteiger partial charge is 0.480 e. The second kappa shape index (κ2) is 4.67. The lowest BCUT2D eigenvalue weighted by molar-refractivity contribution is -0.145. The molecule has 1 unspecified atom stereocenters. The van der Waals surface area contributed by atoms with Crippen molar-refractivity contribution in [2.75, 3.05) is 14.1 Å². The summed E-state index contributed by atoms with van der Waals surface area (Å²) < 4.78 is 0. The van der Waals surface area contributed by atoms with Crippen molar-refractivity contribution in [3.63, 3.8) is 0 Å². The number of carboxylic acid groups (broad SMARTS) is 1. The van der Waals surface area contributed by atoms with E-state index in [2.05, 4.69) is 0 Å². The first-order valence-corrected chi connectivity index (χ1v) is 4.02. The van der Waals surface area contributed by atoms with E-state index in [4.69, 9.17) is 5.11 Å². The van der Waals surface area contributed by atoms with Gasteiger partial charge in [-0.1, -0.05) is 6.42 Å². The van der Waals surface area contributed by atoms with Crippen molar-refractivity contribution in [3.05, 3.63) is 0 Å². The molecule has 0 amide bonds. The maximum atomic E-state index is 10.7. The monoisotopic (exact) mass is 193 g/mol. The number of aliphatic carboxylic acids is 1. The van der Waals surface area contributed by atoms with E-state index in [1.807, 2.05) is 14.1 Å². The van der Waals surface area contributed by atoms with E-state index in [-0.39, 0.29) is 18.4 Å². The lowest BCUT2D eigenvalue weighted by Crippen LogP contribution is -2.44. The van der Waals surface area contributed by atoms with Crippen LogP contribution in [0.25, 0.3) is 0 Å². The second-order valence-corrected chi connectivity index (χ2v) is 3.44. The molecule has 0 aromatic heterocycles. The quantitative estimate of drug-likeness (QED) is 0.733. The zero-order chi connectivity index (χ0) is 8.43. The Balaban J connectivity index is 0.00000121. The highest BCUT2D eigenvalue weighted by Crippen LogP contribution is 2.31. The van der Waals surface area contributed by atoms with Gasteiger partial charge in [0.15, 0.2) is 0 Å². The van der Waals surface area contributed by atoms with Gasteiger partial charge >= 0.3 is 5.97 Å². The van der Waals surface area contributed by atoms with E-state index < -0.39 is 5.97 Å². The molecular formula is C8H16ClNO2. The summed E-state index contributed by atoms with van der Waals surface area (Å²) in [5.41, 5.74) is 0. The van der Waals surface area contributed by atoms with Gasteiger partial charge in [-0.05, 0) is 32.9 Å². The standard InChI is InChI=1S/C8H15NO2.ClH/c1-9(2)7(8(10)11)6-4-3-5-6;/h6-7H,3-5H2,1-2H3,(H,10,11);1H. The number of carbonyl (C=O) groups is 1. The molecule has 1 fully saturated rings. The van der Waals surface area contributed by atoms with Gasteiger partial charge in [0.2, 0.25) is 0 Å². The predicted molar refractivity (Wildman–Crippen MR) is 49.7 cm³/mol. The van der Waals surface area contributed by atoms with Crippen LogP contribution in [0.2, 0.25) is 0 Å². The number of rotatable bonds is 3. The summed E-state index contributed by atoms with van der Waals surface area (Å²) in [4.78, 5) is 12.5. The van der Waals surface area contributed by atoms with E-state index >= 15 is 0 Å². The third-order valence-electron chi connectivity index (χ3n) is 2.41. The first-order chi connectivity index (χ1) is 5.13. The Hall–Kier alpha value is -0.280. The number of carboxylic acids is 1. The highest BCUT2D eigenvalue weighted by molar-refractivity contribution is 5.85. The number of hydrogen-bond acceptors (Lipinski definition) is 2. The van der Waals surface area contributed by atoms with Gasteiger partial charge in [-0.3, -0.25) is 9.69 Å². The van der Waals surface area contributed by atoms with Crippen LogP contribution in [0.15, 0.2) is 0 Å². The lowest BCUT2D eigenvalue weighted by Gasteiger charge is -2.34. The fraction of sp³-hybridized carbons (Fsp3) is 0.875. The van der Waals surface area contributed by atoms with Crippen molar-refractivity contribution < 1.29 is 9.90 Å². The molecule has 1 atom stereocenters. The van der Waals surface area contributed by atoms with Crippen molar-refractivity contribution >= 4 is 18.4 Å². The van der Waals surface area contributed by atoms with Crippen LogP contribution < -0.4 is 0 Å². The molecule has 0 radical (unpaired) electrons. The van der Waals surface area contributed by atoms with Gasteiger partial charge in [-0.15, -0.1) is 12.4 Å². The fourth-order valence-electron chi connectivity index (χ4n) is 1.60. The van der Waals surface area contributed by atoms with Crippen LogP contribution in [-0.2, 0) is 4.79 Å². The van der Waals surface area contributed by atoms with Gasteiger partial charge in [0.05, 0.1) is 0 Å². The van der Waals surface area contributed by atoms with Crippen LogP contribution in [0.5, 0.6) is 0 Å². The molecule has 1 rings (SSSR count). The van der Waals surface area contributed by atoms with Crippen LogP contribution in [0.1, 0.15) is 19.3 Å². The zero-order valence-corrected chi connectivity index (χ0v) is 8.30. The minimum Gasteiger partial charge on any atom is -0.480 e. The third kappa shape index (κ3) is 2.35. The molecule has 0 saturated heterocycles. The molecule has 4 heteroatoms. The Kier molecular flexibility index (Phi) is 4.57. The first kappa shape index (κ1) is 11.7. The maximum absolute atomic E-state index is 10.7. The number of halogens is 1. The zero-order valence-electron chi connectivity index (χ0n) is 7.49. The van der Waals surface area contributed by atoms with Gasteiger partial charge in [-0.25, -0.2) is 0 Å². The van der Waals surface area contributed by atoms with Crippen molar-refractivity contribution in [2.45, 2.75) is 25.3 Å². The van der Waals surface area contributed by atoms with E-state index in [0.717, 1.165) is 12.8 Å². The minimum absolute atomic E-state index is 0. The molecule has 0 heterocycles. The summed E-state index contributed by atoms with van der Waals surface area (Å²) in [6.07, 6.45) is 3.35. The van der Waals surface area contributed by atoms with E-state index in [1.165, 1.54) is 6.42 Å². The van der Waals surface area contributed by atoms with Crippen molar-refractivity contribution in [1.82, 2.24) is 4.90 Å². The molecular weight excluding hydrogens is 178 g/mol. The second-order valence-electron chi connectivity index (χ2n) is 3.44. The maximum Gasteiger partial charge on any atom is 0.321 e. The van der Waals surface area contributed by atoms with E-state index in [0.29, 0.717) is 5.92 Å². The number of nitrogens with zero attached hydrogens (tertiary/aromatic N) is 1. The fourth-order valence-corrected chi connectivity index (χ4v) is 1.60. The molecule has 0 aliphatic heterocycles. The highest BCUT2D eigenvalue weighted by atomic mass is 35.5. The molecule has 0 aromatic carbocycles. The van der Waals surface area contributed by atoms with Gasteiger partial charge < -0.3 is 5.11 Å². The smallest absolute Gasteiger partial charge is 0.321 e. The summed E-state index contributed by atoms with van der Waals surface area (Å²) in [5.74, 6) is -0.290. The van der Waals surface area contributed by atoms with E-state index in [9.17, 15) is 4.79 Å². The molecule has 12 heavy (non-hydrogen) atoms. The molecule has 0 bridgehead atoms. The van der Waals surface area contributed by atoms with Gasteiger partial charge in [-0.2, -0.15) is 0 Å². The summed E-state index contributed by atoms with van der Waals surface area (Å²) in [6, 6.07) is -0.260. The van der Waals surface area contributed by atoms with Crippen molar-refractivity contribution in [1.29, 1.82) is 0 Å². The summed E-state index contributed by atoms with van der Waals surface area (Å²) in [5, 5.41) is 8.84. The normalized spacial score (nSPS) is 19.6. The summed E-state index contributed by atoms with van der Waals surface area (Å²) in [7, 11) is 3.66. The molecule has 3 nitrogen and oxygen atoms in total. The predicted octanol–water partition coefficient (Wildman–Crippen LogP) is 1.22. The summed E-state index contributed by atoms with van der Waals surface area (Å²) in [6.45, 7) is 0. The third-order valence-corrected chi connectivity index (χ3v) is 2.41. The van der Waals surface area contributed by atoms with Crippen LogP contribution in [0, 0.1) is 5.92 Å². The topological polar surface area (TPSA) is 40.5 Å². The Morgan fingerprint density at radius 3 is 2.08 bits per heavy atom. The Labute approximate surface area is 79.2 Å².